The number of anilines is 1. The average Bonchev–Trinajstić information content (AvgIpc) is 2.89. The van der Waals surface area contributed by atoms with Gasteiger partial charge in [0.1, 0.15) is 16.9 Å². The zero-order valence-corrected chi connectivity index (χ0v) is 13.0. The zero-order valence-electron chi connectivity index (χ0n) is 12.2. The molecular formula is C17H16N2O2S. The summed E-state index contributed by atoms with van der Waals surface area (Å²) >= 11 is 5.24. The van der Waals surface area contributed by atoms with Crippen LogP contribution in [0, 0.1) is 0 Å². The molecule has 0 aliphatic heterocycles. The molecule has 2 aromatic carbocycles. The molecule has 0 unspecified atom stereocenters. The molecule has 1 aromatic heterocycles. The average molecular weight is 312 g/mol. The second-order valence-electron chi connectivity index (χ2n) is 4.77. The largest absolute Gasteiger partial charge is 0.495 e. The first-order chi connectivity index (χ1) is 10.7. The van der Waals surface area contributed by atoms with E-state index in [2.05, 4.69) is 17.2 Å². The predicted octanol–water partition coefficient (Wildman–Crippen LogP) is 4.07. The Morgan fingerprint density at radius 1 is 1.27 bits per heavy atom. The van der Waals surface area contributed by atoms with Gasteiger partial charge in [0.2, 0.25) is 0 Å². The Kier molecular flexibility index (Phi) is 3.98. The van der Waals surface area contributed by atoms with E-state index in [9.17, 15) is 0 Å². The lowest BCUT2D eigenvalue weighted by Crippen LogP contribution is -2.28. The topological polar surface area (TPSA) is 46.4 Å². The zero-order chi connectivity index (χ0) is 15.5. The number of thiocarbonyl (C=S) groups is 1. The van der Waals surface area contributed by atoms with Gasteiger partial charge in [-0.2, -0.15) is 0 Å². The molecule has 0 amide bonds. The van der Waals surface area contributed by atoms with Crippen LogP contribution in [0.5, 0.6) is 5.75 Å². The van der Waals surface area contributed by atoms with Crippen molar-refractivity contribution < 1.29 is 9.15 Å². The molecule has 0 fully saturated rings. The van der Waals surface area contributed by atoms with E-state index in [1.165, 1.54) is 0 Å². The number of nitrogens with one attached hydrogen (secondary N) is 2. The van der Waals surface area contributed by atoms with E-state index in [1.807, 2.05) is 36.4 Å². The van der Waals surface area contributed by atoms with E-state index < -0.39 is 0 Å². The van der Waals surface area contributed by atoms with E-state index in [0.717, 1.165) is 27.6 Å². The summed E-state index contributed by atoms with van der Waals surface area (Å²) in [6.07, 6.45) is 1.74. The Balaban J connectivity index is 2.04. The SMILES string of the molecule is C=CCNC(=S)Nc1cc2oc3ccccc3c2cc1OC. The Bertz CT molecular complexity index is 854. The molecule has 0 spiro atoms. The smallest absolute Gasteiger partial charge is 0.171 e. The molecule has 112 valence electrons. The molecule has 0 bridgehead atoms. The number of para-hydroxylation sites is 1. The molecule has 4 nitrogen and oxygen atoms in total. The van der Waals surface area contributed by atoms with Crippen molar-refractivity contribution in [2.75, 3.05) is 19.0 Å². The van der Waals surface area contributed by atoms with Gasteiger partial charge in [-0.05, 0) is 24.4 Å². The van der Waals surface area contributed by atoms with Crippen molar-refractivity contribution in [3.8, 4) is 5.75 Å². The summed E-state index contributed by atoms with van der Waals surface area (Å²) in [5, 5.41) is 8.73. The number of rotatable bonds is 4. The van der Waals surface area contributed by atoms with Gasteiger partial charge in [0, 0.05) is 23.4 Å². The molecule has 2 N–H and O–H groups in total. The molecule has 3 rings (SSSR count). The van der Waals surface area contributed by atoms with Gasteiger partial charge in [0.05, 0.1) is 12.8 Å². The van der Waals surface area contributed by atoms with Crippen LogP contribution in [0.1, 0.15) is 0 Å². The fraction of sp³-hybridized carbons (Fsp3) is 0.118. The van der Waals surface area contributed by atoms with Gasteiger partial charge in [-0.15, -0.1) is 6.58 Å². The highest BCUT2D eigenvalue weighted by Crippen LogP contribution is 2.36. The first-order valence-corrected chi connectivity index (χ1v) is 7.29. The number of benzene rings is 2. The summed E-state index contributed by atoms with van der Waals surface area (Å²) in [5.41, 5.74) is 2.40. The molecule has 0 atom stereocenters. The fourth-order valence-corrected chi connectivity index (χ4v) is 2.54. The maximum atomic E-state index is 5.88. The van der Waals surface area contributed by atoms with E-state index in [-0.39, 0.29) is 0 Å². The van der Waals surface area contributed by atoms with Crippen LogP contribution in [0.3, 0.4) is 0 Å². The van der Waals surface area contributed by atoms with Crippen LogP contribution in [-0.2, 0) is 0 Å². The van der Waals surface area contributed by atoms with Crippen LogP contribution in [0.25, 0.3) is 21.9 Å². The summed E-state index contributed by atoms with van der Waals surface area (Å²) in [6, 6.07) is 11.8. The van der Waals surface area contributed by atoms with Crippen molar-refractivity contribution in [1.82, 2.24) is 5.32 Å². The summed E-state index contributed by atoms with van der Waals surface area (Å²) in [6.45, 7) is 4.25. The predicted molar refractivity (Wildman–Crippen MR) is 94.7 cm³/mol. The van der Waals surface area contributed by atoms with Crippen LogP contribution in [-0.4, -0.2) is 18.8 Å². The lowest BCUT2D eigenvalue weighted by molar-refractivity contribution is 0.417. The Morgan fingerprint density at radius 2 is 2.09 bits per heavy atom. The third kappa shape index (κ3) is 2.63. The quantitative estimate of drug-likeness (QED) is 0.562. The standard InChI is InChI=1S/C17H16N2O2S/c1-3-8-18-17(22)19-13-10-15-12(9-16(13)20-2)11-6-4-5-7-14(11)21-15/h3-7,9-10H,1,8H2,2H3,(H2,18,19,22). The van der Waals surface area contributed by atoms with Gasteiger partial charge in [-0.3, -0.25) is 0 Å². The van der Waals surface area contributed by atoms with Crippen molar-refractivity contribution in [3.05, 3.63) is 49.1 Å². The molecule has 0 radical (unpaired) electrons. The first kappa shape index (κ1) is 14.4. The highest BCUT2D eigenvalue weighted by atomic mass is 32.1. The highest BCUT2D eigenvalue weighted by molar-refractivity contribution is 7.80. The van der Waals surface area contributed by atoms with Crippen LogP contribution in [0.4, 0.5) is 5.69 Å². The Morgan fingerprint density at radius 3 is 2.86 bits per heavy atom. The van der Waals surface area contributed by atoms with Gasteiger partial charge < -0.3 is 19.8 Å². The summed E-state index contributed by atoms with van der Waals surface area (Å²) in [7, 11) is 1.63. The van der Waals surface area contributed by atoms with Gasteiger partial charge in [0.15, 0.2) is 5.11 Å². The van der Waals surface area contributed by atoms with Crippen molar-refractivity contribution in [3.63, 3.8) is 0 Å². The van der Waals surface area contributed by atoms with Crippen molar-refractivity contribution in [1.29, 1.82) is 0 Å². The van der Waals surface area contributed by atoms with Gasteiger partial charge in [-0.25, -0.2) is 0 Å². The van der Waals surface area contributed by atoms with E-state index in [1.54, 1.807) is 13.2 Å². The monoisotopic (exact) mass is 312 g/mol. The number of fused-ring (bicyclic) bond motifs is 3. The first-order valence-electron chi connectivity index (χ1n) is 6.88. The fourth-order valence-electron chi connectivity index (χ4n) is 2.35. The van der Waals surface area contributed by atoms with Crippen LogP contribution >= 0.6 is 12.2 Å². The summed E-state index contributed by atoms with van der Waals surface area (Å²) in [4.78, 5) is 0. The minimum absolute atomic E-state index is 0.508. The third-order valence-corrected chi connectivity index (χ3v) is 3.60. The molecule has 0 saturated carbocycles. The molecule has 3 aromatic rings. The number of hydrogen-bond donors (Lipinski definition) is 2. The number of furan rings is 1. The lowest BCUT2D eigenvalue weighted by Gasteiger charge is -2.12. The molecule has 0 aliphatic rings. The number of methoxy groups -OCH3 is 1. The third-order valence-electron chi connectivity index (χ3n) is 3.35. The normalized spacial score (nSPS) is 10.6. The van der Waals surface area contributed by atoms with Crippen molar-refractivity contribution in [2.24, 2.45) is 0 Å². The Hall–Kier alpha value is -2.53. The van der Waals surface area contributed by atoms with Crippen molar-refractivity contribution >= 4 is 45.0 Å². The molecule has 0 saturated heterocycles. The molecule has 0 aliphatic carbocycles. The van der Waals surface area contributed by atoms with E-state index in [0.29, 0.717) is 17.4 Å². The lowest BCUT2D eigenvalue weighted by atomic mass is 10.1. The summed E-state index contributed by atoms with van der Waals surface area (Å²) < 4.78 is 11.3. The van der Waals surface area contributed by atoms with E-state index >= 15 is 0 Å². The molecule has 22 heavy (non-hydrogen) atoms. The highest BCUT2D eigenvalue weighted by Gasteiger charge is 2.12. The van der Waals surface area contributed by atoms with Gasteiger partial charge in [-0.1, -0.05) is 24.3 Å². The maximum Gasteiger partial charge on any atom is 0.171 e. The van der Waals surface area contributed by atoms with Crippen LogP contribution in [0.15, 0.2) is 53.5 Å². The maximum absolute atomic E-state index is 5.88. The molecule has 5 heteroatoms. The minimum Gasteiger partial charge on any atom is -0.495 e. The van der Waals surface area contributed by atoms with Gasteiger partial charge >= 0.3 is 0 Å². The second-order valence-corrected chi connectivity index (χ2v) is 5.18. The van der Waals surface area contributed by atoms with Crippen LogP contribution in [0.2, 0.25) is 0 Å². The molecular weight excluding hydrogens is 296 g/mol. The summed E-state index contributed by atoms with van der Waals surface area (Å²) in [5.74, 6) is 0.710. The van der Waals surface area contributed by atoms with E-state index in [4.69, 9.17) is 21.4 Å². The van der Waals surface area contributed by atoms with Gasteiger partial charge in [0.25, 0.3) is 0 Å². The van der Waals surface area contributed by atoms with Crippen molar-refractivity contribution in [2.45, 2.75) is 0 Å². The Labute approximate surface area is 133 Å². The number of hydrogen-bond acceptors (Lipinski definition) is 3. The minimum atomic E-state index is 0.508. The van der Waals surface area contributed by atoms with Crippen LogP contribution < -0.4 is 15.4 Å². The molecule has 1 heterocycles. The number of ether oxygens (including phenoxy) is 1. The second kappa shape index (κ2) is 6.07.